The number of benzene rings is 1. The van der Waals surface area contributed by atoms with E-state index in [0.29, 0.717) is 15.6 Å². The average Bonchev–Trinajstić information content (AvgIpc) is 3.06. The molecule has 1 amide bonds. The first-order valence-electron chi connectivity index (χ1n) is 6.25. The van der Waals surface area contributed by atoms with Crippen LogP contribution in [0.3, 0.4) is 0 Å². The zero-order valence-electron chi connectivity index (χ0n) is 11.2. The first kappa shape index (κ1) is 13.7. The molecule has 1 aromatic carbocycles. The van der Waals surface area contributed by atoms with Crippen LogP contribution in [0.15, 0.2) is 42.7 Å². The van der Waals surface area contributed by atoms with E-state index in [1.807, 2.05) is 37.3 Å². The Bertz CT molecular complexity index is 832. The number of anilines is 1. The van der Waals surface area contributed by atoms with Gasteiger partial charge in [-0.3, -0.25) is 14.7 Å². The van der Waals surface area contributed by atoms with Crippen molar-refractivity contribution in [1.82, 2.24) is 14.5 Å². The quantitative estimate of drug-likeness (QED) is 0.726. The number of carbonyl (C=O) groups excluding carboxylic acids is 1. The Balaban J connectivity index is 1.96. The molecule has 21 heavy (non-hydrogen) atoms. The molecule has 0 saturated heterocycles. The van der Waals surface area contributed by atoms with Gasteiger partial charge in [0.1, 0.15) is 5.69 Å². The second kappa shape index (κ2) is 5.63. The van der Waals surface area contributed by atoms with Crippen molar-refractivity contribution in [3.05, 3.63) is 58.1 Å². The third-order valence-corrected chi connectivity index (χ3v) is 3.99. The topological polar surface area (TPSA) is 62.7 Å². The summed E-state index contributed by atoms with van der Waals surface area (Å²) in [7, 11) is 0. The molecule has 0 radical (unpaired) electrons. The number of aromatic nitrogens is 3. The summed E-state index contributed by atoms with van der Waals surface area (Å²) in [6.07, 6.45) is 3.33. The summed E-state index contributed by atoms with van der Waals surface area (Å²) in [4.78, 5) is 20.5. The SMILES string of the molecule is Cc1cnc(NC(=O)c2c[nH]c(=S)n2-c2ccccc2)s1. The number of aryl methyl sites for hydroxylation is 1. The van der Waals surface area contributed by atoms with E-state index in [1.165, 1.54) is 11.3 Å². The van der Waals surface area contributed by atoms with Crippen molar-refractivity contribution in [1.29, 1.82) is 0 Å². The average molecular weight is 316 g/mol. The number of hydrogen-bond donors (Lipinski definition) is 2. The molecule has 0 fully saturated rings. The van der Waals surface area contributed by atoms with Crippen molar-refractivity contribution in [2.45, 2.75) is 6.92 Å². The largest absolute Gasteiger partial charge is 0.336 e. The van der Waals surface area contributed by atoms with Crippen LogP contribution >= 0.6 is 23.6 Å². The number of rotatable bonds is 3. The van der Waals surface area contributed by atoms with Crippen molar-refractivity contribution in [3.8, 4) is 5.69 Å². The predicted molar refractivity (Wildman–Crippen MR) is 85.8 cm³/mol. The number of para-hydroxylation sites is 1. The maximum Gasteiger partial charge on any atom is 0.276 e. The van der Waals surface area contributed by atoms with Crippen LogP contribution in [0.4, 0.5) is 5.13 Å². The van der Waals surface area contributed by atoms with Gasteiger partial charge in [-0.2, -0.15) is 0 Å². The first-order chi connectivity index (χ1) is 10.1. The summed E-state index contributed by atoms with van der Waals surface area (Å²) in [5.74, 6) is -0.249. The fourth-order valence-electron chi connectivity index (χ4n) is 1.94. The predicted octanol–water partition coefficient (Wildman–Crippen LogP) is 3.55. The summed E-state index contributed by atoms with van der Waals surface area (Å²) in [5.41, 5.74) is 1.28. The number of hydrogen-bond acceptors (Lipinski definition) is 4. The molecule has 0 aliphatic rings. The van der Waals surface area contributed by atoms with E-state index in [2.05, 4.69) is 15.3 Å². The van der Waals surface area contributed by atoms with E-state index in [0.717, 1.165) is 10.6 Å². The van der Waals surface area contributed by atoms with Gasteiger partial charge in [0.05, 0.1) is 0 Å². The van der Waals surface area contributed by atoms with Crippen molar-refractivity contribution in [3.63, 3.8) is 0 Å². The number of nitrogens with one attached hydrogen (secondary N) is 2. The third-order valence-electron chi connectivity index (χ3n) is 2.87. The number of amides is 1. The highest BCUT2D eigenvalue weighted by atomic mass is 32.1. The lowest BCUT2D eigenvalue weighted by Gasteiger charge is -2.07. The first-order valence-corrected chi connectivity index (χ1v) is 7.47. The van der Waals surface area contributed by atoms with E-state index < -0.39 is 0 Å². The Kier molecular flexibility index (Phi) is 3.68. The van der Waals surface area contributed by atoms with Crippen LogP contribution in [0.1, 0.15) is 15.4 Å². The molecule has 0 bridgehead atoms. The molecule has 0 aliphatic carbocycles. The number of carbonyl (C=O) groups is 1. The lowest BCUT2D eigenvalue weighted by molar-refractivity contribution is 0.102. The van der Waals surface area contributed by atoms with Crippen LogP contribution in [-0.4, -0.2) is 20.4 Å². The maximum atomic E-state index is 12.4. The van der Waals surface area contributed by atoms with Gasteiger partial charge in [0.25, 0.3) is 5.91 Å². The molecule has 2 N–H and O–H groups in total. The molecule has 0 spiro atoms. The highest BCUT2D eigenvalue weighted by molar-refractivity contribution is 7.71. The Hall–Kier alpha value is -2.25. The summed E-state index contributed by atoms with van der Waals surface area (Å²) in [5, 5.41) is 3.36. The molecule has 2 heterocycles. The van der Waals surface area contributed by atoms with Crippen LogP contribution in [0.2, 0.25) is 0 Å². The zero-order valence-corrected chi connectivity index (χ0v) is 12.8. The van der Waals surface area contributed by atoms with Gasteiger partial charge in [0.15, 0.2) is 9.90 Å². The minimum absolute atomic E-state index is 0.249. The molecule has 3 rings (SSSR count). The third kappa shape index (κ3) is 2.79. The fraction of sp³-hybridized carbons (Fsp3) is 0.0714. The number of aromatic amines is 1. The summed E-state index contributed by atoms with van der Waals surface area (Å²) in [6, 6.07) is 9.51. The Morgan fingerprint density at radius 1 is 1.38 bits per heavy atom. The van der Waals surface area contributed by atoms with Crippen molar-refractivity contribution >= 4 is 34.6 Å². The highest BCUT2D eigenvalue weighted by Crippen LogP contribution is 2.19. The van der Waals surface area contributed by atoms with E-state index in [9.17, 15) is 4.79 Å². The van der Waals surface area contributed by atoms with Crippen LogP contribution in [0, 0.1) is 11.7 Å². The minimum Gasteiger partial charge on any atom is -0.336 e. The molecule has 3 aromatic rings. The maximum absolute atomic E-state index is 12.4. The molecule has 5 nitrogen and oxygen atoms in total. The van der Waals surface area contributed by atoms with Crippen LogP contribution < -0.4 is 5.32 Å². The van der Waals surface area contributed by atoms with Gasteiger partial charge >= 0.3 is 0 Å². The van der Waals surface area contributed by atoms with Crippen molar-refractivity contribution < 1.29 is 4.79 Å². The number of thiazole rings is 1. The van der Waals surface area contributed by atoms with Gasteiger partial charge < -0.3 is 4.98 Å². The molecule has 0 saturated carbocycles. The molecule has 7 heteroatoms. The highest BCUT2D eigenvalue weighted by Gasteiger charge is 2.15. The van der Waals surface area contributed by atoms with Crippen molar-refractivity contribution in [2.75, 3.05) is 5.32 Å². The molecule has 0 atom stereocenters. The lowest BCUT2D eigenvalue weighted by atomic mass is 10.3. The molecule has 2 aromatic heterocycles. The molecular formula is C14H12N4OS2. The van der Waals surface area contributed by atoms with Crippen molar-refractivity contribution in [2.24, 2.45) is 0 Å². The van der Waals surface area contributed by atoms with Gasteiger partial charge in [-0.1, -0.05) is 18.2 Å². The second-order valence-electron chi connectivity index (χ2n) is 4.38. The fourth-order valence-corrected chi connectivity index (χ4v) is 2.86. The van der Waals surface area contributed by atoms with E-state index >= 15 is 0 Å². The number of imidazole rings is 1. The van der Waals surface area contributed by atoms with Crippen LogP contribution in [-0.2, 0) is 0 Å². The van der Waals surface area contributed by atoms with Crippen LogP contribution in [0.25, 0.3) is 5.69 Å². The minimum atomic E-state index is -0.249. The van der Waals surface area contributed by atoms with Gasteiger partial charge in [-0.25, -0.2) is 4.98 Å². The Morgan fingerprint density at radius 3 is 2.81 bits per heavy atom. The summed E-state index contributed by atoms with van der Waals surface area (Å²) < 4.78 is 2.17. The molecule has 106 valence electrons. The standard InChI is InChI=1S/C14H12N4OS2/c1-9-7-15-13(21-9)17-12(19)11-8-16-14(20)18(11)10-5-3-2-4-6-10/h2-8H,1H3,(H,16,20)(H,15,17,19). The summed E-state index contributed by atoms with van der Waals surface area (Å²) in [6.45, 7) is 1.94. The monoisotopic (exact) mass is 316 g/mol. The zero-order chi connectivity index (χ0) is 14.8. The van der Waals surface area contributed by atoms with E-state index in [4.69, 9.17) is 12.2 Å². The van der Waals surface area contributed by atoms with Gasteiger partial charge in [0, 0.05) is 23.0 Å². The van der Waals surface area contributed by atoms with Gasteiger partial charge in [-0.15, -0.1) is 11.3 Å². The van der Waals surface area contributed by atoms with Gasteiger partial charge in [0.2, 0.25) is 0 Å². The Morgan fingerprint density at radius 2 is 2.14 bits per heavy atom. The number of nitrogens with zero attached hydrogens (tertiary/aromatic N) is 2. The number of H-pyrrole nitrogens is 1. The summed E-state index contributed by atoms with van der Waals surface area (Å²) >= 11 is 6.69. The van der Waals surface area contributed by atoms with E-state index in [1.54, 1.807) is 17.0 Å². The van der Waals surface area contributed by atoms with Crippen LogP contribution in [0.5, 0.6) is 0 Å². The van der Waals surface area contributed by atoms with E-state index in [-0.39, 0.29) is 5.91 Å². The second-order valence-corrected chi connectivity index (χ2v) is 6.00. The molecular weight excluding hydrogens is 304 g/mol. The molecule has 0 aliphatic heterocycles. The smallest absolute Gasteiger partial charge is 0.276 e. The molecule has 0 unspecified atom stereocenters. The Labute approximate surface area is 130 Å². The normalized spacial score (nSPS) is 10.5. The lowest BCUT2D eigenvalue weighted by Crippen LogP contribution is -2.16. The van der Waals surface area contributed by atoms with Gasteiger partial charge in [-0.05, 0) is 31.3 Å².